The molecule has 0 aliphatic carbocycles. The summed E-state index contributed by atoms with van der Waals surface area (Å²) in [5, 5.41) is 5.52. The molecule has 0 spiro atoms. The van der Waals surface area contributed by atoms with Gasteiger partial charge in [-0.15, -0.1) is 0 Å². The lowest BCUT2D eigenvalue weighted by Gasteiger charge is -2.25. The van der Waals surface area contributed by atoms with Crippen LogP contribution in [0.1, 0.15) is 34.1 Å². The van der Waals surface area contributed by atoms with E-state index in [1.165, 1.54) is 0 Å². The van der Waals surface area contributed by atoms with E-state index >= 15 is 0 Å². The molecule has 0 saturated carbocycles. The van der Waals surface area contributed by atoms with Crippen molar-refractivity contribution in [2.24, 2.45) is 0 Å². The summed E-state index contributed by atoms with van der Waals surface area (Å²) in [5.74, 6) is -0.688. The number of esters is 2. The second kappa shape index (κ2) is 21.4. The normalized spacial score (nSPS) is 13.4. The zero-order valence-corrected chi connectivity index (χ0v) is 23.9. The standard InChI is InChI=1S/C20H37N2O12PS2/c1-15(2)37-36-12-5-19(25)21-6-8-29-10-11-30-20(26)22-7-9-32-35(27,28)33-14-18(34-17(4)24)13-31-16(3)23/h15,18H,5-14H2,1-4H3,(H,21,25)(H,22,26)(H,27,28)/p-1/t18-/m1/s1. The summed E-state index contributed by atoms with van der Waals surface area (Å²) in [7, 11) is -1.40. The molecule has 37 heavy (non-hydrogen) atoms. The number of nitrogens with one attached hydrogen (secondary N) is 2. The van der Waals surface area contributed by atoms with Crippen LogP contribution in [0.25, 0.3) is 0 Å². The summed E-state index contributed by atoms with van der Waals surface area (Å²) in [6.45, 7) is 5.42. The topological polar surface area (TPSA) is 188 Å². The largest absolute Gasteiger partial charge is 0.756 e. The third-order valence-electron chi connectivity index (χ3n) is 3.55. The van der Waals surface area contributed by atoms with E-state index < -0.39 is 51.8 Å². The van der Waals surface area contributed by atoms with Gasteiger partial charge >= 0.3 is 18.0 Å². The Morgan fingerprint density at radius 1 is 0.892 bits per heavy atom. The number of hydrogen-bond donors (Lipinski definition) is 2. The highest BCUT2D eigenvalue weighted by atomic mass is 33.1. The van der Waals surface area contributed by atoms with E-state index in [1.54, 1.807) is 21.6 Å². The lowest BCUT2D eigenvalue weighted by molar-refractivity contribution is -0.228. The van der Waals surface area contributed by atoms with Crippen molar-refractivity contribution in [1.82, 2.24) is 10.6 Å². The molecule has 0 fully saturated rings. The quantitative estimate of drug-likeness (QED) is 0.0633. The van der Waals surface area contributed by atoms with Gasteiger partial charge in [0.25, 0.3) is 7.82 Å². The van der Waals surface area contributed by atoms with Crippen LogP contribution >= 0.6 is 29.4 Å². The van der Waals surface area contributed by atoms with E-state index in [4.69, 9.17) is 14.2 Å². The molecule has 216 valence electrons. The Hall–Kier alpha value is -1.55. The van der Waals surface area contributed by atoms with Crippen LogP contribution < -0.4 is 15.5 Å². The highest BCUT2D eigenvalue weighted by molar-refractivity contribution is 8.76. The Kier molecular flexibility index (Phi) is 20.5. The number of hydrogen-bond acceptors (Lipinski definition) is 14. The molecule has 14 nitrogen and oxygen atoms in total. The van der Waals surface area contributed by atoms with Gasteiger partial charge < -0.3 is 43.5 Å². The molecule has 0 heterocycles. The number of carbonyl (C=O) groups excluding carboxylic acids is 4. The number of carbonyl (C=O) groups is 4. The van der Waals surface area contributed by atoms with Gasteiger partial charge in [-0.2, -0.15) is 0 Å². The number of phosphoric acid groups is 1. The first-order chi connectivity index (χ1) is 17.4. The van der Waals surface area contributed by atoms with E-state index in [9.17, 15) is 28.6 Å². The number of phosphoric ester groups is 1. The minimum atomic E-state index is -4.78. The predicted molar refractivity (Wildman–Crippen MR) is 135 cm³/mol. The third-order valence-corrected chi connectivity index (χ3v) is 7.47. The van der Waals surface area contributed by atoms with Crippen molar-refractivity contribution in [3.63, 3.8) is 0 Å². The van der Waals surface area contributed by atoms with E-state index in [0.29, 0.717) is 18.2 Å². The summed E-state index contributed by atoms with van der Waals surface area (Å²) in [6, 6.07) is 0. The van der Waals surface area contributed by atoms with Gasteiger partial charge in [-0.05, 0) is 0 Å². The van der Waals surface area contributed by atoms with Crippen molar-refractivity contribution in [2.45, 2.75) is 45.5 Å². The molecule has 0 aromatic heterocycles. The lowest BCUT2D eigenvalue weighted by Crippen LogP contribution is -2.31. The second-order valence-electron chi connectivity index (χ2n) is 7.35. The smallest absolute Gasteiger partial charge is 0.407 e. The number of alkyl carbamates (subject to hydrolysis) is 1. The molecule has 0 aliphatic heterocycles. The molecule has 0 rings (SSSR count). The van der Waals surface area contributed by atoms with Crippen LogP contribution in [0.4, 0.5) is 4.79 Å². The summed E-state index contributed by atoms with van der Waals surface area (Å²) in [4.78, 5) is 56.9. The molecule has 1 unspecified atom stereocenters. The summed E-state index contributed by atoms with van der Waals surface area (Å²) in [6.07, 6.45) is -1.53. The maximum absolute atomic E-state index is 11.8. The van der Waals surface area contributed by atoms with Gasteiger partial charge in [0.15, 0.2) is 6.10 Å². The van der Waals surface area contributed by atoms with Crippen molar-refractivity contribution in [2.75, 3.05) is 58.5 Å². The molecule has 0 radical (unpaired) electrons. The fraction of sp³-hybridized carbons (Fsp3) is 0.800. The first-order valence-electron chi connectivity index (χ1n) is 11.3. The van der Waals surface area contributed by atoms with Gasteiger partial charge in [0.05, 0.1) is 26.4 Å². The number of ether oxygens (including phenoxy) is 4. The van der Waals surface area contributed by atoms with Gasteiger partial charge in [0.1, 0.15) is 13.2 Å². The van der Waals surface area contributed by atoms with Crippen LogP contribution in [0.2, 0.25) is 0 Å². The maximum atomic E-state index is 11.8. The molecular formula is C20H36N2O12PS2-. The molecule has 0 aromatic rings. The lowest BCUT2D eigenvalue weighted by atomic mass is 10.4. The zero-order chi connectivity index (χ0) is 28.1. The predicted octanol–water partition coefficient (Wildman–Crippen LogP) is 1.02. The Balaban J connectivity index is 3.83. The molecule has 17 heteroatoms. The van der Waals surface area contributed by atoms with Crippen LogP contribution in [0, 0.1) is 0 Å². The molecule has 0 aromatic carbocycles. The van der Waals surface area contributed by atoms with Crippen LogP contribution in [-0.2, 0) is 46.9 Å². The van der Waals surface area contributed by atoms with Crippen molar-refractivity contribution in [3.05, 3.63) is 0 Å². The minimum Gasteiger partial charge on any atom is -0.756 e. The molecule has 2 N–H and O–H groups in total. The monoisotopic (exact) mass is 591 g/mol. The highest BCUT2D eigenvalue weighted by Crippen LogP contribution is 2.38. The first kappa shape index (κ1) is 35.5. The molecule has 2 amide bonds. The summed E-state index contributed by atoms with van der Waals surface area (Å²) in [5.41, 5.74) is 0. The molecule has 0 bridgehead atoms. The Morgan fingerprint density at radius 2 is 1.59 bits per heavy atom. The average molecular weight is 592 g/mol. The van der Waals surface area contributed by atoms with Gasteiger partial charge in [-0.3, -0.25) is 18.9 Å². The number of amides is 2. The Labute approximate surface area is 224 Å². The van der Waals surface area contributed by atoms with E-state index in [1.807, 2.05) is 0 Å². The van der Waals surface area contributed by atoms with Gasteiger partial charge in [-0.1, -0.05) is 35.4 Å². The van der Waals surface area contributed by atoms with E-state index in [2.05, 4.69) is 38.3 Å². The molecule has 0 aliphatic rings. The summed E-state index contributed by atoms with van der Waals surface area (Å²) >= 11 is 0. The molecule has 2 atom stereocenters. The Morgan fingerprint density at radius 3 is 2.24 bits per heavy atom. The van der Waals surface area contributed by atoms with Gasteiger partial charge in [-0.25, -0.2) is 4.79 Å². The van der Waals surface area contributed by atoms with E-state index in [-0.39, 0.29) is 32.3 Å². The SMILES string of the molecule is CC(=O)OC[C@H](COP(=O)([O-])OCCNC(=O)OCCOCCNC(=O)CCSSC(C)C)OC(C)=O. The third kappa shape index (κ3) is 24.5. The average Bonchev–Trinajstić information content (AvgIpc) is 2.80. The Bertz CT molecular complexity index is 744. The van der Waals surface area contributed by atoms with Gasteiger partial charge in [0.2, 0.25) is 5.91 Å². The fourth-order valence-corrected chi connectivity index (χ4v) is 4.83. The molecule has 0 saturated heterocycles. The van der Waals surface area contributed by atoms with Crippen molar-refractivity contribution < 1.29 is 56.6 Å². The van der Waals surface area contributed by atoms with Crippen molar-refractivity contribution in [1.29, 1.82) is 0 Å². The minimum absolute atomic E-state index is 0.0489. The second-order valence-corrected chi connectivity index (χ2v) is 11.8. The summed E-state index contributed by atoms with van der Waals surface area (Å²) < 4.78 is 40.6. The van der Waals surface area contributed by atoms with Crippen molar-refractivity contribution >= 4 is 53.3 Å². The van der Waals surface area contributed by atoms with Gasteiger partial charge in [0, 0.05) is 44.4 Å². The van der Waals surface area contributed by atoms with Crippen LogP contribution in [0.5, 0.6) is 0 Å². The van der Waals surface area contributed by atoms with Crippen LogP contribution in [0.3, 0.4) is 0 Å². The number of rotatable bonds is 21. The van der Waals surface area contributed by atoms with Crippen LogP contribution in [-0.4, -0.2) is 93.8 Å². The fourth-order valence-electron chi connectivity index (χ4n) is 2.10. The molecular weight excluding hydrogens is 555 g/mol. The van der Waals surface area contributed by atoms with Crippen LogP contribution in [0.15, 0.2) is 0 Å². The maximum Gasteiger partial charge on any atom is 0.407 e. The zero-order valence-electron chi connectivity index (χ0n) is 21.4. The van der Waals surface area contributed by atoms with Crippen molar-refractivity contribution in [3.8, 4) is 0 Å². The first-order valence-corrected chi connectivity index (χ1v) is 15.2. The van der Waals surface area contributed by atoms with E-state index in [0.717, 1.165) is 19.6 Å². The highest BCUT2D eigenvalue weighted by Gasteiger charge is 2.19.